The van der Waals surface area contributed by atoms with Gasteiger partial charge in [-0.1, -0.05) is 78.9 Å². The second-order valence-electron chi connectivity index (χ2n) is 5.69. The monoisotopic (exact) mass is 274 g/mol. The first-order valence-electron chi connectivity index (χ1n) is 7.75. The first kappa shape index (κ1) is 13.9. The summed E-state index contributed by atoms with van der Waals surface area (Å²) in [6, 6.07) is 21.9. The van der Waals surface area contributed by atoms with Gasteiger partial charge >= 0.3 is 0 Å². The first-order valence-corrected chi connectivity index (χ1v) is 7.75. The molecule has 106 valence electrons. The molecule has 1 fully saturated rings. The van der Waals surface area contributed by atoms with Crippen LogP contribution in [0.3, 0.4) is 0 Å². The Balaban J connectivity index is 1.97. The van der Waals surface area contributed by atoms with Crippen molar-refractivity contribution in [3.8, 4) is 0 Å². The minimum Gasteiger partial charge on any atom is -0.0874 e. The number of benzene rings is 2. The van der Waals surface area contributed by atoms with Crippen molar-refractivity contribution in [2.75, 3.05) is 0 Å². The predicted molar refractivity (Wildman–Crippen MR) is 90.4 cm³/mol. The Kier molecular flexibility index (Phi) is 4.06. The van der Waals surface area contributed by atoms with E-state index in [-0.39, 0.29) is 0 Å². The average Bonchev–Trinajstić information content (AvgIpc) is 3.29. The van der Waals surface area contributed by atoms with Gasteiger partial charge in [0.25, 0.3) is 0 Å². The molecule has 0 aromatic heterocycles. The summed E-state index contributed by atoms with van der Waals surface area (Å²) in [4.78, 5) is 0. The molecule has 0 heterocycles. The van der Waals surface area contributed by atoms with E-state index in [2.05, 4.69) is 92.7 Å². The fourth-order valence-electron chi connectivity index (χ4n) is 3.50. The molecule has 0 aliphatic heterocycles. The standard InChI is InChI=1S/C21H22/c1-3-11-16(4-2)19-20(17-12-7-5-8-13-17)21(19)18-14-9-6-10-15-18/h3-15,19-21H,1-2H3. The molecular weight excluding hydrogens is 252 g/mol. The molecule has 1 aliphatic carbocycles. The molecule has 1 aliphatic rings. The van der Waals surface area contributed by atoms with Crippen molar-refractivity contribution in [3.05, 3.63) is 95.6 Å². The van der Waals surface area contributed by atoms with Crippen LogP contribution >= 0.6 is 0 Å². The molecule has 0 nitrogen and oxygen atoms in total. The fraction of sp³-hybridized carbons (Fsp3) is 0.238. The highest BCUT2D eigenvalue weighted by molar-refractivity contribution is 5.46. The Hall–Kier alpha value is -2.08. The molecule has 0 spiro atoms. The van der Waals surface area contributed by atoms with E-state index in [1.54, 1.807) is 0 Å². The van der Waals surface area contributed by atoms with Crippen LogP contribution in [-0.2, 0) is 0 Å². The van der Waals surface area contributed by atoms with Crippen molar-refractivity contribution in [1.29, 1.82) is 0 Å². The lowest BCUT2D eigenvalue weighted by Crippen LogP contribution is -1.86. The smallest absolute Gasteiger partial charge is 0.00122 e. The van der Waals surface area contributed by atoms with Gasteiger partial charge in [0.05, 0.1) is 0 Å². The van der Waals surface area contributed by atoms with E-state index in [9.17, 15) is 0 Å². The van der Waals surface area contributed by atoms with Crippen molar-refractivity contribution < 1.29 is 0 Å². The van der Waals surface area contributed by atoms with Gasteiger partial charge in [-0.25, -0.2) is 0 Å². The predicted octanol–water partition coefficient (Wildman–Crippen LogP) is 5.71. The minimum atomic E-state index is 0.607. The third-order valence-corrected chi connectivity index (χ3v) is 4.47. The van der Waals surface area contributed by atoms with Gasteiger partial charge in [-0.15, -0.1) is 0 Å². The Morgan fingerprint density at radius 2 is 1.24 bits per heavy atom. The van der Waals surface area contributed by atoms with Crippen molar-refractivity contribution in [1.82, 2.24) is 0 Å². The number of hydrogen-bond acceptors (Lipinski definition) is 0. The zero-order valence-corrected chi connectivity index (χ0v) is 12.7. The minimum absolute atomic E-state index is 0.607. The summed E-state index contributed by atoms with van der Waals surface area (Å²) in [7, 11) is 0. The molecule has 2 aromatic carbocycles. The summed E-state index contributed by atoms with van der Waals surface area (Å²) in [5.41, 5.74) is 4.38. The number of allylic oxidation sites excluding steroid dienone is 4. The van der Waals surface area contributed by atoms with Gasteiger partial charge in [0.2, 0.25) is 0 Å². The second kappa shape index (κ2) is 6.13. The molecule has 21 heavy (non-hydrogen) atoms. The molecular formula is C21H22. The maximum Gasteiger partial charge on any atom is -0.00122 e. The first-order chi connectivity index (χ1) is 10.4. The van der Waals surface area contributed by atoms with E-state index in [4.69, 9.17) is 0 Å². The third kappa shape index (κ3) is 2.71. The maximum atomic E-state index is 2.27. The number of rotatable bonds is 4. The SMILES string of the molecule is CC=CC(=CC)C1C(c2ccccc2)C1c1ccccc1. The van der Waals surface area contributed by atoms with Gasteiger partial charge in [0, 0.05) is 0 Å². The lowest BCUT2D eigenvalue weighted by molar-refractivity contribution is 0.950. The fourth-order valence-corrected chi connectivity index (χ4v) is 3.50. The van der Waals surface area contributed by atoms with Crippen LogP contribution in [0.2, 0.25) is 0 Å². The van der Waals surface area contributed by atoms with Crippen LogP contribution in [0.5, 0.6) is 0 Å². The summed E-state index contributed by atoms with van der Waals surface area (Å²) in [6.07, 6.45) is 6.69. The lowest BCUT2D eigenvalue weighted by atomic mass is 10.0. The van der Waals surface area contributed by atoms with Gasteiger partial charge in [0.1, 0.15) is 0 Å². The van der Waals surface area contributed by atoms with E-state index in [1.807, 2.05) is 0 Å². The number of hydrogen-bond donors (Lipinski definition) is 0. The molecule has 0 N–H and O–H groups in total. The summed E-state index contributed by atoms with van der Waals surface area (Å²) in [5, 5.41) is 0. The van der Waals surface area contributed by atoms with Gasteiger partial charge in [-0.3, -0.25) is 0 Å². The van der Waals surface area contributed by atoms with E-state index in [0.29, 0.717) is 17.8 Å². The van der Waals surface area contributed by atoms with Crippen LogP contribution in [0.25, 0.3) is 0 Å². The van der Waals surface area contributed by atoms with Crippen molar-refractivity contribution >= 4 is 0 Å². The van der Waals surface area contributed by atoms with Crippen molar-refractivity contribution in [3.63, 3.8) is 0 Å². The topological polar surface area (TPSA) is 0 Å². The van der Waals surface area contributed by atoms with Gasteiger partial charge in [0.15, 0.2) is 0 Å². The maximum absolute atomic E-state index is 2.27. The highest BCUT2D eigenvalue weighted by Crippen LogP contribution is 2.63. The molecule has 2 unspecified atom stereocenters. The van der Waals surface area contributed by atoms with E-state index in [1.165, 1.54) is 16.7 Å². The molecule has 2 aromatic rings. The van der Waals surface area contributed by atoms with Crippen LogP contribution in [0.4, 0.5) is 0 Å². The molecule has 0 amide bonds. The van der Waals surface area contributed by atoms with Crippen LogP contribution in [0.1, 0.15) is 36.8 Å². The van der Waals surface area contributed by atoms with Crippen LogP contribution in [-0.4, -0.2) is 0 Å². The van der Waals surface area contributed by atoms with Gasteiger partial charge < -0.3 is 0 Å². The van der Waals surface area contributed by atoms with Crippen molar-refractivity contribution in [2.45, 2.75) is 25.7 Å². The van der Waals surface area contributed by atoms with E-state index >= 15 is 0 Å². The van der Waals surface area contributed by atoms with Crippen molar-refractivity contribution in [2.24, 2.45) is 5.92 Å². The second-order valence-corrected chi connectivity index (χ2v) is 5.69. The summed E-state index contributed by atoms with van der Waals surface area (Å²) in [5.74, 6) is 1.82. The quantitative estimate of drug-likeness (QED) is 0.627. The highest BCUT2D eigenvalue weighted by atomic mass is 14.5. The zero-order valence-electron chi connectivity index (χ0n) is 12.7. The third-order valence-electron chi connectivity index (χ3n) is 4.47. The molecule has 3 rings (SSSR count). The summed E-state index contributed by atoms with van der Waals surface area (Å²) >= 11 is 0. The van der Waals surface area contributed by atoms with E-state index in [0.717, 1.165) is 0 Å². The Morgan fingerprint density at radius 3 is 1.62 bits per heavy atom. The molecule has 0 radical (unpaired) electrons. The largest absolute Gasteiger partial charge is 0.0874 e. The molecule has 0 bridgehead atoms. The molecule has 1 saturated carbocycles. The Morgan fingerprint density at radius 1 is 0.762 bits per heavy atom. The molecule has 0 heteroatoms. The molecule has 0 saturated heterocycles. The summed E-state index contributed by atoms with van der Waals surface area (Å²) < 4.78 is 0. The highest BCUT2D eigenvalue weighted by Gasteiger charge is 2.52. The zero-order chi connectivity index (χ0) is 14.7. The lowest BCUT2D eigenvalue weighted by Gasteiger charge is -2.01. The average molecular weight is 274 g/mol. The normalized spacial score (nSPS) is 25.2. The van der Waals surface area contributed by atoms with Crippen LogP contribution < -0.4 is 0 Å². The molecule has 2 atom stereocenters. The Labute approximate surface area is 127 Å². The Bertz CT molecular complexity index is 589. The van der Waals surface area contributed by atoms with Gasteiger partial charge in [-0.05, 0) is 48.3 Å². The summed E-state index contributed by atoms with van der Waals surface area (Å²) in [6.45, 7) is 4.25. The van der Waals surface area contributed by atoms with E-state index < -0.39 is 0 Å². The van der Waals surface area contributed by atoms with Crippen LogP contribution in [0.15, 0.2) is 84.5 Å². The van der Waals surface area contributed by atoms with Gasteiger partial charge in [-0.2, -0.15) is 0 Å². The van der Waals surface area contributed by atoms with Crippen LogP contribution in [0, 0.1) is 5.92 Å².